The van der Waals surface area contributed by atoms with E-state index in [-0.39, 0.29) is 11.5 Å². The van der Waals surface area contributed by atoms with E-state index in [1.165, 1.54) is 6.20 Å². The number of rotatable bonds is 7. The molecule has 1 aromatic carbocycles. The van der Waals surface area contributed by atoms with Crippen LogP contribution in [0.4, 0.5) is 5.69 Å². The Morgan fingerprint density at radius 3 is 2.62 bits per heavy atom. The van der Waals surface area contributed by atoms with E-state index in [1.807, 2.05) is 34.6 Å². The molecule has 2 heterocycles. The number of carboxylic acid groups (broad SMARTS) is 1. The van der Waals surface area contributed by atoms with Gasteiger partial charge in [-0.15, -0.1) is 0 Å². The lowest BCUT2D eigenvalue weighted by Gasteiger charge is -2.43. The highest BCUT2D eigenvalue weighted by atomic mass is 16.5. The van der Waals surface area contributed by atoms with Crippen LogP contribution in [-0.2, 0) is 11.3 Å². The molecular weight excluding hydrogens is 432 g/mol. The van der Waals surface area contributed by atoms with Gasteiger partial charge in [0, 0.05) is 24.9 Å². The van der Waals surface area contributed by atoms with Crippen LogP contribution in [0.15, 0.2) is 41.5 Å². The molecule has 2 aromatic rings. The van der Waals surface area contributed by atoms with Crippen molar-refractivity contribution in [1.82, 2.24) is 4.57 Å². The van der Waals surface area contributed by atoms with Crippen LogP contribution in [0.25, 0.3) is 5.57 Å². The molecule has 34 heavy (non-hydrogen) atoms. The average molecular weight is 461 g/mol. The van der Waals surface area contributed by atoms with E-state index in [0.717, 1.165) is 30.8 Å². The highest BCUT2D eigenvalue weighted by Gasteiger charge is 2.41. The van der Waals surface area contributed by atoms with Crippen molar-refractivity contribution < 1.29 is 19.7 Å². The summed E-state index contributed by atoms with van der Waals surface area (Å²) in [5.74, 6) is 0.864. The second kappa shape index (κ2) is 8.33. The topological polar surface area (TPSA) is 111 Å². The van der Waals surface area contributed by atoms with E-state index in [1.54, 1.807) is 19.2 Å². The largest absolute Gasteiger partial charge is 0.497 e. The highest BCUT2D eigenvalue weighted by Crippen LogP contribution is 2.41. The van der Waals surface area contributed by atoms with Crippen molar-refractivity contribution in [3.63, 3.8) is 0 Å². The van der Waals surface area contributed by atoms with Crippen molar-refractivity contribution in [3.05, 3.63) is 53.5 Å². The third-order valence-corrected chi connectivity index (χ3v) is 6.95. The lowest BCUT2D eigenvalue weighted by Crippen LogP contribution is -2.48. The Kier molecular flexibility index (Phi) is 5.45. The van der Waals surface area contributed by atoms with Crippen LogP contribution in [0.1, 0.15) is 49.6 Å². The van der Waals surface area contributed by atoms with Crippen molar-refractivity contribution in [2.45, 2.75) is 44.8 Å². The molecule has 0 spiro atoms. The first-order valence-electron chi connectivity index (χ1n) is 11.6. The van der Waals surface area contributed by atoms with E-state index in [9.17, 15) is 20.3 Å². The van der Waals surface area contributed by atoms with Gasteiger partial charge in [-0.2, -0.15) is 5.26 Å². The zero-order valence-electron chi connectivity index (χ0n) is 19.4. The SMILES string of the molecule is COc1ccc2c(c1)C(C(=O)O)=CN=C(c1ccc(C#N)n1CC1CC1)N2CC1CC(C)(O)C1. The van der Waals surface area contributed by atoms with Crippen LogP contribution in [0.5, 0.6) is 5.75 Å². The monoisotopic (exact) mass is 460 g/mol. The van der Waals surface area contributed by atoms with Gasteiger partial charge >= 0.3 is 5.97 Å². The lowest BCUT2D eigenvalue weighted by molar-refractivity contribution is -0.130. The number of fused-ring (bicyclic) bond motifs is 1. The van der Waals surface area contributed by atoms with Crippen molar-refractivity contribution >= 4 is 23.1 Å². The Bertz CT molecular complexity index is 1240. The number of aliphatic hydroxyl groups is 1. The van der Waals surface area contributed by atoms with Crippen molar-refractivity contribution in [3.8, 4) is 11.8 Å². The summed E-state index contributed by atoms with van der Waals surface area (Å²) >= 11 is 0. The van der Waals surface area contributed by atoms with E-state index >= 15 is 0 Å². The fraction of sp³-hybridized carbons (Fsp3) is 0.423. The summed E-state index contributed by atoms with van der Waals surface area (Å²) in [7, 11) is 1.55. The molecule has 176 valence electrons. The van der Waals surface area contributed by atoms with Crippen LogP contribution >= 0.6 is 0 Å². The maximum atomic E-state index is 12.2. The number of hydrogen-bond donors (Lipinski definition) is 2. The second-order valence-corrected chi connectivity index (χ2v) is 9.84. The summed E-state index contributed by atoms with van der Waals surface area (Å²) in [6, 6.07) is 11.4. The predicted octanol–water partition coefficient (Wildman–Crippen LogP) is 3.63. The first-order chi connectivity index (χ1) is 16.3. The molecule has 0 atom stereocenters. The summed E-state index contributed by atoms with van der Waals surface area (Å²) in [5.41, 5.74) is 2.00. The number of aromatic nitrogens is 1. The zero-order valence-corrected chi connectivity index (χ0v) is 19.4. The normalized spacial score (nSPS) is 23.7. The quantitative estimate of drug-likeness (QED) is 0.653. The number of hydrogen-bond acceptors (Lipinski definition) is 6. The van der Waals surface area contributed by atoms with Gasteiger partial charge in [-0.05, 0) is 74.8 Å². The van der Waals surface area contributed by atoms with E-state index in [2.05, 4.69) is 6.07 Å². The molecule has 0 radical (unpaired) electrons. The van der Waals surface area contributed by atoms with Crippen LogP contribution in [-0.4, -0.2) is 45.8 Å². The van der Waals surface area contributed by atoms with Crippen molar-refractivity contribution in [2.24, 2.45) is 16.8 Å². The van der Waals surface area contributed by atoms with Gasteiger partial charge in [0.05, 0.1) is 29.7 Å². The number of methoxy groups -OCH3 is 1. The average Bonchev–Trinajstić information content (AvgIpc) is 3.54. The molecule has 1 aliphatic heterocycles. The highest BCUT2D eigenvalue weighted by molar-refractivity contribution is 6.21. The summed E-state index contributed by atoms with van der Waals surface area (Å²) in [4.78, 5) is 18.9. The Labute approximate surface area is 198 Å². The molecule has 3 aliphatic rings. The number of carboxylic acids is 1. The fourth-order valence-electron chi connectivity index (χ4n) is 5.12. The molecule has 0 unspecified atom stereocenters. The van der Waals surface area contributed by atoms with Crippen LogP contribution in [0.3, 0.4) is 0 Å². The zero-order chi connectivity index (χ0) is 24.0. The summed E-state index contributed by atoms with van der Waals surface area (Å²) in [6.07, 6.45) is 5.00. The number of ether oxygens (including phenoxy) is 1. The molecule has 2 N–H and O–H groups in total. The molecular formula is C26H28N4O4. The van der Waals surface area contributed by atoms with Gasteiger partial charge in [0.2, 0.25) is 0 Å². The summed E-state index contributed by atoms with van der Waals surface area (Å²) < 4.78 is 7.38. The van der Waals surface area contributed by atoms with Crippen molar-refractivity contribution in [2.75, 3.05) is 18.6 Å². The van der Waals surface area contributed by atoms with Crippen LogP contribution in [0.2, 0.25) is 0 Å². The lowest BCUT2D eigenvalue weighted by atomic mass is 9.72. The summed E-state index contributed by atoms with van der Waals surface area (Å²) in [6.45, 7) is 3.15. The van der Waals surface area contributed by atoms with Gasteiger partial charge in [0.1, 0.15) is 17.5 Å². The smallest absolute Gasteiger partial charge is 0.337 e. The van der Waals surface area contributed by atoms with E-state index in [0.29, 0.717) is 48.1 Å². The van der Waals surface area contributed by atoms with E-state index in [4.69, 9.17) is 9.73 Å². The molecule has 0 saturated heterocycles. The number of carbonyl (C=O) groups is 1. The minimum atomic E-state index is -1.07. The van der Waals surface area contributed by atoms with Gasteiger partial charge in [0.15, 0.2) is 5.84 Å². The van der Waals surface area contributed by atoms with Crippen molar-refractivity contribution in [1.29, 1.82) is 5.26 Å². The maximum absolute atomic E-state index is 12.2. The molecule has 2 saturated carbocycles. The van der Waals surface area contributed by atoms with E-state index < -0.39 is 11.6 Å². The first kappa shape index (κ1) is 22.2. The molecule has 0 bridgehead atoms. The molecule has 8 heteroatoms. The summed E-state index contributed by atoms with van der Waals surface area (Å²) in [5, 5.41) is 30.0. The minimum Gasteiger partial charge on any atom is -0.497 e. The number of amidine groups is 1. The number of nitrogens with zero attached hydrogens (tertiary/aromatic N) is 4. The van der Waals surface area contributed by atoms with Gasteiger partial charge in [0.25, 0.3) is 0 Å². The molecule has 2 aliphatic carbocycles. The Hall–Kier alpha value is -3.57. The van der Waals surface area contributed by atoms with Crippen LogP contribution in [0, 0.1) is 23.2 Å². The number of aliphatic imine (C=N–C) groups is 1. The third-order valence-electron chi connectivity index (χ3n) is 6.95. The first-order valence-corrected chi connectivity index (χ1v) is 11.6. The minimum absolute atomic E-state index is 0.0790. The van der Waals surface area contributed by atoms with Gasteiger partial charge in [-0.3, -0.25) is 0 Å². The molecule has 1 aromatic heterocycles. The number of benzene rings is 1. The van der Waals surface area contributed by atoms with Gasteiger partial charge in [-0.1, -0.05) is 0 Å². The second-order valence-electron chi connectivity index (χ2n) is 9.84. The Morgan fingerprint density at radius 1 is 1.24 bits per heavy atom. The molecule has 5 rings (SSSR count). The maximum Gasteiger partial charge on any atom is 0.337 e. The Balaban J connectivity index is 1.65. The fourth-order valence-corrected chi connectivity index (χ4v) is 5.12. The van der Waals surface area contributed by atoms with Gasteiger partial charge in [-0.25, -0.2) is 9.79 Å². The number of nitriles is 1. The Morgan fingerprint density at radius 2 is 2.00 bits per heavy atom. The van der Waals surface area contributed by atoms with Crippen LogP contribution < -0.4 is 9.64 Å². The number of aliphatic carboxylic acids is 1. The molecule has 2 fully saturated rings. The van der Waals surface area contributed by atoms with Gasteiger partial charge < -0.3 is 24.4 Å². The number of anilines is 1. The predicted molar refractivity (Wildman–Crippen MR) is 128 cm³/mol. The third kappa shape index (κ3) is 4.08. The molecule has 8 nitrogen and oxygen atoms in total. The molecule has 0 amide bonds. The standard InChI is InChI=1S/C26H28N4O4/c1-26(33)10-17(11-26)15-30-22-8-6-19(34-2)9-20(22)21(25(31)32)13-28-24(30)23-7-5-18(12-27)29(23)14-16-3-4-16/h5-9,13,16-17,33H,3-4,10-11,14-15H2,1-2H3,(H,31,32).